The number of morpholine rings is 1. The predicted octanol–water partition coefficient (Wildman–Crippen LogP) is 3.56. The number of rotatable bonds is 6. The quantitative estimate of drug-likeness (QED) is 0.791. The van der Waals surface area contributed by atoms with E-state index in [2.05, 4.69) is 6.92 Å². The average Bonchev–Trinajstić information content (AvgIpc) is 2.64. The Kier molecular flexibility index (Phi) is 6.08. The van der Waals surface area contributed by atoms with Gasteiger partial charge in [-0.15, -0.1) is 0 Å². The molecular formula is C20H27NO4. The number of hydrogen-bond acceptors (Lipinski definition) is 4. The first-order valence-electron chi connectivity index (χ1n) is 9.28. The number of carbonyl (C=O) groups is 2. The number of carbonyl (C=O) groups excluding carboxylic acids is 2. The summed E-state index contributed by atoms with van der Waals surface area (Å²) in [6.45, 7) is 3.36. The van der Waals surface area contributed by atoms with Gasteiger partial charge in [-0.1, -0.05) is 43.7 Å². The fourth-order valence-corrected chi connectivity index (χ4v) is 3.83. The Bertz CT molecular complexity index is 575. The largest absolute Gasteiger partial charge is 0.445 e. The molecule has 136 valence electrons. The van der Waals surface area contributed by atoms with Crippen LogP contribution in [0.4, 0.5) is 4.79 Å². The highest BCUT2D eigenvalue weighted by molar-refractivity contribution is 5.81. The first-order chi connectivity index (χ1) is 12.2. The van der Waals surface area contributed by atoms with Crippen LogP contribution in [0.5, 0.6) is 0 Å². The normalized spacial score (nSPS) is 25.5. The van der Waals surface area contributed by atoms with Gasteiger partial charge in [-0.2, -0.15) is 0 Å². The van der Waals surface area contributed by atoms with Crippen molar-refractivity contribution in [3.05, 3.63) is 35.9 Å². The zero-order chi connectivity index (χ0) is 17.6. The highest BCUT2D eigenvalue weighted by Crippen LogP contribution is 2.33. The molecule has 5 nitrogen and oxygen atoms in total. The van der Waals surface area contributed by atoms with Gasteiger partial charge in [0.2, 0.25) is 0 Å². The second-order valence-corrected chi connectivity index (χ2v) is 7.03. The summed E-state index contributed by atoms with van der Waals surface area (Å²) in [6, 6.07) is 9.58. The van der Waals surface area contributed by atoms with Crippen molar-refractivity contribution in [2.24, 2.45) is 5.92 Å². The Balaban J connectivity index is 1.59. The summed E-state index contributed by atoms with van der Waals surface area (Å²) in [5, 5.41) is 0. The monoisotopic (exact) mass is 345 g/mol. The van der Waals surface area contributed by atoms with Crippen molar-refractivity contribution in [2.75, 3.05) is 13.2 Å². The molecule has 2 atom stereocenters. The molecule has 2 aliphatic rings. The summed E-state index contributed by atoms with van der Waals surface area (Å²) in [6.07, 6.45) is 3.73. The summed E-state index contributed by atoms with van der Waals surface area (Å²) in [5.41, 5.74) is 0.974. The van der Waals surface area contributed by atoms with Crippen LogP contribution < -0.4 is 0 Å². The van der Waals surface area contributed by atoms with Crippen LogP contribution in [0.3, 0.4) is 0 Å². The minimum atomic E-state index is -0.290. The van der Waals surface area contributed by atoms with Gasteiger partial charge in [-0.25, -0.2) is 4.79 Å². The fraction of sp³-hybridized carbons (Fsp3) is 0.600. The smallest absolute Gasteiger partial charge is 0.410 e. The predicted molar refractivity (Wildman–Crippen MR) is 94.1 cm³/mol. The van der Waals surface area contributed by atoms with Crippen LogP contribution in [-0.4, -0.2) is 42.1 Å². The minimum absolute atomic E-state index is 0.0497. The lowest BCUT2D eigenvalue weighted by molar-refractivity contribution is -0.131. The summed E-state index contributed by atoms with van der Waals surface area (Å²) in [5.74, 6) is 0.402. The van der Waals surface area contributed by atoms with Crippen molar-refractivity contribution in [1.29, 1.82) is 0 Å². The number of benzene rings is 1. The van der Waals surface area contributed by atoms with Crippen LogP contribution in [0, 0.1) is 5.92 Å². The second kappa shape index (κ2) is 8.48. The first kappa shape index (κ1) is 17.9. The Labute approximate surface area is 149 Å². The highest BCUT2D eigenvalue weighted by Gasteiger charge is 2.44. The van der Waals surface area contributed by atoms with Crippen LogP contribution in [0.15, 0.2) is 30.3 Å². The Morgan fingerprint density at radius 1 is 1.16 bits per heavy atom. The number of amides is 1. The van der Waals surface area contributed by atoms with Crippen molar-refractivity contribution in [1.82, 2.24) is 4.90 Å². The van der Waals surface area contributed by atoms with Crippen molar-refractivity contribution >= 4 is 11.9 Å². The molecule has 0 aromatic heterocycles. The van der Waals surface area contributed by atoms with E-state index in [1.54, 1.807) is 0 Å². The van der Waals surface area contributed by atoms with Gasteiger partial charge in [0.05, 0.1) is 25.3 Å². The van der Waals surface area contributed by atoms with E-state index in [-0.39, 0.29) is 30.7 Å². The minimum Gasteiger partial charge on any atom is -0.445 e. The van der Waals surface area contributed by atoms with Gasteiger partial charge in [-0.05, 0) is 24.8 Å². The van der Waals surface area contributed by atoms with Gasteiger partial charge in [0.25, 0.3) is 0 Å². The van der Waals surface area contributed by atoms with E-state index < -0.39 is 0 Å². The summed E-state index contributed by atoms with van der Waals surface area (Å²) >= 11 is 0. The van der Waals surface area contributed by atoms with Crippen LogP contribution in [-0.2, 0) is 20.9 Å². The maximum absolute atomic E-state index is 12.6. The molecule has 0 radical (unpaired) electrons. The van der Waals surface area contributed by atoms with E-state index in [4.69, 9.17) is 9.47 Å². The third-order valence-corrected chi connectivity index (χ3v) is 5.17. The lowest BCUT2D eigenvalue weighted by Crippen LogP contribution is -2.59. The van der Waals surface area contributed by atoms with E-state index in [0.717, 1.165) is 18.4 Å². The van der Waals surface area contributed by atoms with Gasteiger partial charge in [0.15, 0.2) is 0 Å². The summed E-state index contributed by atoms with van der Waals surface area (Å²) in [7, 11) is 0. The van der Waals surface area contributed by atoms with Crippen molar-refractivity contribution in [2.45, 2.75) is 57.7 Å². The van der Waals surface area contributed by atoms with Crippen molar-refractivity contribution in [3.63, 3.8) is 0 Å². The van der Waals surface area contributed by atoms with Crippen LogP contribution in [0.25, 0.3) is 0 Å². The van der Waals surface area contributed by atoms with E-state index >= 15 is 0 Å². The molecule has 2 saturated heterocycles. The molecule has 1 amide bonds. The number of nitrogens with zero attached hydrogens (tertiary/aromatic N) is 1. The molecule has 5 heteroatoms. The fourth-order valence-electron chi connectivity index (χ4n) is 3.83. The van der Waals surface area contributed by atoms with Gasteiger partial charge in [0.1, 0.15) is 12.4 Å². The van der Waals surface area contributed by atoms with Crippen LogP contribution >= 0.6 is 0 Å². The maximum Gasteiger partial charge on any atom is 0.410 e. The lowest BCUT2D eigenvalue weighted by atomic mass is 9.81. The number of Topliss-reactive ketones (excluding diaryl/α,β-unsaturated/α-hetero) is 1. The molecule has 1 aromatic carbocycles. The summed E-state index contributed by atoms with van der Waals surface area (Å²) < 4.78 is 11.1. The zero-order valence-electron chi connectivity index (χ0n) is 14.9. The molecule has 1 aromatic rings. The average molecular weight is 345 g/mol. The SMILES string of the molecule is CCCCC(=O)C1CC2COCC(C1)N2C(=O)OCc1ccccc1. The molecule has 2 fully saturated rings. The van der Waals surface area contributed by atoms with Crippen molar-refractivity contribution in [3.8, 4) is 0 Å². The number of hydrogen-bond donors (Lipinski definition) is 0. The van der Waals surface area contributed by atoms with E-state index in [1.165, 1.54) is 0 Å². The Morgan fingerprint density at radius 3 is 2.48 bits per heavy atom. The van der Waals surface area contributed by atoms with E-state index in [9.17, 15) is 9.59 Å². The maximum atomic E-state index is 12.6. The molecule has 0 spiro atoms. The van der Waals surface area contributed by atoms with Gasteiger partial charge in [0, 0.05) is 12.3 Å². The molecule has 0 aliphatic carbocycles. The number of unbranched alkanes of at least 4 members (excludes halogenated alkanes) is 1. The first-order valence-corrected chi connectivity index (χ1v) is 9.28. The van der Waals surface area contributed by atoms with E-state index in [1.807, 2.05) is 35.2 Å². The van der Waals surface area contributed by atoms with Crippen molar-refractivity contribution < 1.29 is 19.1 Å². The molecule has 2 unspecified atom stereocenters. The summed E-state index contributed by atoms with van der Waals surface area (Å²) in [4.78, 5) is 26.8. The lowest BCUT2D eigenvalue weighted by Gasteiger charge is -2.47. The number of ether oxygens (including phenoxy) is 2. The van der Waals surface area contributed by atoms with E-state index in [0.29, 0.717) is 38.3 Å². The molecule has 2 bridgehead atoms. The van der Waals surface area contributed by atoms with Gasteiger partial charge in [-0.3, -0.25) is 9.69 Å². The standard InChI is InChI=1S/C20H27NO4/c1-2-3-9-19(22)16-10-17-13-24-14-18(11-16)21(17)20(23)25-12-15-7-5-4-6-8-15/h4-8,16-18H,2-3,9-14H2,1H3. The molecule has 3 rings (SSSR count). The molecule has 0 saturated carbocycles. The van der Waals surface area contributed by atoms with Gasteiger partial charge >= 0.3 is 6.09 Å². The third-order valence-electron chi connectivity index (χ3n) is 5.17. The zero-order valence-corrected chi connectivity index (χ0v) is 14.9. The molecule has 0 N–H and O–H groups in total. The Morgan fingerprint density at radius 2 is 1.84 bits per heavy atom. The van der Waals surface area contributed by atoms with Crippen LogP contribution in [0.2, 0.25) is 0 Å². The number of piperidine rings is 1. The highest BCUT2D eigenvalue weighted by atomic mass is 16.6. The van der Waals surface area contributed by atoms with Crippen LogP contribution in [0.1, 0.15) is 44.6 Å². The topological polar surface area (TPSA) is 55.8 Å². The third kappa shape index (κ3) is 4.40. The Hall–Kier alpha value is -1.88. The molecule has 2 heterocycles. The number of fused-ring (bicyclic) bond motifs is 2. The molecular weight excluding hydrogens is 318 g/mol. The number of ketones is 1. The second-order valence-electron chi connectivity index (χ2n) is 7.03. The molecule has 25 heavy (non-hydrogen) atoms. The molecule has 2 aliphatic heterocycles. The van der Waals surface area contributed by atoms with Gasteiger partial charge < -0.3 is 9.47 Å².